The van der Waals surface area contributed by atoms with Crippen molar-refractivity contribution < 1.29 is 0 Å². The van der Waals surface area contributed by atoms with Gasteiger partial charge in [0.2, 0.25) is 0 Å². The lowest BCUT2D eigenvalue weighted by Gasteiger charge is -2.00. The molecular formula is C7H3BrClN. The van der Waals surface area contributed by atoms with Crippen LogP contribution in [-0.4, -0.2) is 4.98 Å². The highest BCUT2D eigenvalue weighted by Crippen LogP contribution is 2.19. The van der Waals surface area contributed by atoms with E-state index in [4.69, 9.17) is 25.4 Å². The maximum atomic E-state index is 5.57. The summed E-state index contributed by atoms with van der Waals surface area (Å²) in [5, 5.41) is 0.229. The van der Waals surface area contributed by atoms with Crippen LogP contribution in [0.25, 0.3) is 0 Å². The zero-order valence-electron chi connectivity index (χ0n) is 4.94. The Balaban J connectivity index is 3.31. The fourth-order valence-corrected chi connectivity index (χ4v) is 1.24. The van der Waals surface area contributed by atoms with E-state index in [-0.39, 0.29) is 5.15 Å². The molecule has 0 atom stereocenters. The minimum Gasteiger partial charge on any atom is -0.229 e. The third kappa shape index (κ3) is 1.50. The van der Waals surface area contributed by atoms with E-state index < -0.39 is 0 Å². The van der Waals surface area contributed by atoms with Crippen LogP contribution in [0, 0.1) is 13.8 Å². The van der Waals surface area contributed by atoms with Gasteiger partial charge in [0.05, 0.1) is 0 Å². The maximum absolute atomic E-state index is 5.57. The lowest BCUT2D eigenvalue weighted by molar-refractivity contribution is 1.24. The molecule has 0 N–H and O–H groups in total. The molecular weight excluding hydrogens is 213 g/mol. The third-order valence-corrected chi connectivity index (χ3v) is 1.71. The lowest BCUT2D eigenvalue weighted by Crippen LogP contribution is -1.86. The van der Waals surface area contributed by atoms with Crippen LogP contribution in [0.15, 0.2) is 10.7 Å². The molecule has 0 aliphatic carbocycles. The molecule has 0 aromatic carbocycles. The van der Waals surface area contributed by atoms with E-state index in [1.807, 2.05) is 0 Å². The second-order valence-electron chi connectivity index (χ2n) is 1.74. The average molecular weight is 216 g/mol. The van der Waals surface area contributed by atoms with Crippen LogP contribution in [0.5, 0.6) is 0 Å². The van der Waals surface area contributed by atoms with Crippen LogP contribution in [-0.2, 0) is 0 Å². The molecule has 1 heterocycles. The quantitative estimate of drug-likeness (QED) is 0.608. The SMILES string of the molecule is [CH]c1cc(Br)nc(Cl)c1[CH]. The van der Waals surface area contributed by atoms with Gasteiger partial charge in [0.15, 0.2) is 0 Å². The highest BCUT2D eigenvalue weighted by molar-refractivity contribution is 9.10. The van der Waals surface area contributed by atoms with Crippen molar-refractivity contribution in [3.05, 3.63) is 40.8 Å². The molecule has 0 bridgehead atoms. The molecule has 0 aliphatic heterocycles. The Morgan fingerprint density at radius 2 is 2.10 bits per heavy atom. The predicted octanol–water partition coefficient (Wildman–Crippen LogP) is 2.62. The molecule has 1 nitrogen and oxygen atoms in total. The van der Waals surface area contributed by atoms with Gasteiger partial charge < -0.3 is 0 Å². The molecule has 0 spiro atoms. The molecule has 4 radical (unpaired) electrons. The third-order valence-electron chi connectivity index (χ3n) is 1.01. The molecule has 0 aliphatic rings. The van der Waals surface area contributed by atoms with Gasteiger partial charge in [-0.3, -0.25) is 0 Å². The average Bonchev–Trinajstić information content (AvgIpc) is 1.82. The molecule has 0 saturated heterocycles. The van der Waals surface area contributed by atoms with Crippen molar-refractivity contribution >= 4 is 27.5 Å². The molecule has 1 aromatic rings. The summed E-state index contributed by atoms with van der Waals surface area (Å²) in [6, 6.07) is 1.60. The molecule has 1 rings (SSSR count). The summed E-state index contributed by atoms with van der Waals surface area (Å²) in [6.45, 7) is 10.9. The summed E-state index contributed by atoms with van der Waals surface area (Å²) in [5.74, 6) is 0. The van der Waals surface area contributed by atoms with Crippen LogP contribution in [0.4, 0.5) is 0 Å². The molecule has 3 heteroatoms. The number of nitrogens with zero attached hydrogens (tertiary/aromatic N) is 1. The van der Waals surface area contributed by atoms with Crippen molar-refractivity contribution in [1.29, 1.82) is 0 Å². The van der Waals surface area contributed by atoms with Crippen molar-refractivity contribution in [2.45, 2.75) is 0 Å². The van der Waals surface area contributed by atoms with Crippen LogP contribution in [0.2, 0.25) is 5.15 Å². The second kappa shape index (κ2) is 2.89. The Labute approximate surface area is 73.6 Å². The van der Waals surface area contributed by atoms with E-state index in [2.05, 4.69) is 20.9 Å². The second-order valence-corrected chi connectivity index (χ2v) is 2.91. The molecule has 0 fully saturated rings. The zero-order chi connectivity index (χ0) is 7.72. The minimum atomic E-state index is 0.229. The zero-order valence-corrected chi connectivity index (χ0v) is 7.28. The van der Waals surface area contributed by atoms with Gasteiger partial charge in [0, 0.05) is 6.92 Å². The van der Waals surface area contributed by atoms with Crippen molar-refractivity contribution in [3.63, 3.8) is 0 Å². The van der Waals surface area contributed by atoms with Gasteiger partial charge in [0.25, 0.3) is 0 Å². The van der Waals surface area contributed by atoms with Crippen molar-refractivity contribution in [3.8, 4) is 0 Å². The number of halogens is 2. The standard InChI is InChI=1S/C7H3BrClN/c1-4-3-6(8)10-7(9)5(4)2/h1-3H. The molecule has 0 saturated carbocycles. The van der Waals surface area contributed by atoms with Crippen LogP contribution >= 0.6 is 27.5 Å². The van der Waals surface area contributed by atoms with Crippen LogP contribution in [0.1, 0.15) is 11.1 Å². The fourth-order valence-electron chi connectivity index (χ4n) is 0.511. The van der Waals surface area contributed by atoms with E-state index in [0.29, 0.717) is 15.7 Å². The van der Waals surface area contributed by atoms with Gasteiger partial charge >= 0.3 is 0 Å². The highest BCUT2D eigenvalue weighted by Gasteiger charge is 2.01. The molecule has 0 unspecified atom stereocenters. The highest BCUT2D eigenvalue weighted by atomic mass is 79.9. The fraction of sp³-hybridized carbons (Fsp3) is 0. The van der Waals surface area contributed by atoms with Gasteiger partial charge in [-0.2, -0.15) is 0 Å². The first-order valence-electron chi connectivity index (χ1n) is 2.48. The molecule has 0 amide bonds. The smallest absolute Gasteiger partial charge is 0.134 e. The van der Waals surface area contributed by atoms with Crippen LogP contribution in [0.3, 0.4) is 0 Å². The van der Waals surface area contributed by atoms with Gasteiger partial charge in [0.1, 0.15) is 9.76 Å². The topological polar surface area (TPSA) is 12.9 Å². The van der Waals surface area contributed by atoms with Gasteiger partial charge in [-0.1, -0.05) is 11.6 Å². The largest absolute Gasteiger partial charge is 0.229 e. The first-order chi connectivity index (χ1) is 4.61. The Morgan fingerprint density at radius 3 is 2.60 bits per heavy atom. The summed E-state index contributed by atoms with van der Waals surface area (Å²) in [4.78, 5) is 3.81. The normalized spacial score (nSPS) is 10.0. The molecule has 10 heavy (non-hydrogen) atoms. The lowest BCUT2D eigenvalue weighted by atomic mass is 10.2. The van der Waals surface area contributed by atoms with Crippen molar-refractivity contribution in [2.24, 2.45) is 0 Å². The first-order valence-corrected chi connectivity index (χ1v) is 3.65. The van der Waals surface area contributed by atoms with E-state index >= 15 is 0 Å². The number of hydrogen-bond acceptors (Lipinski definition) is 1. The minimum absolute atomic E-state index is 0.229. The summed E-state index contributed by atoms with van der Waals surface area (Å²) in [6.07, 6.45) is 0. The van der Waals surface area contributed by atoms with E-state index in [9.17, 15) is 0 Å². The number of rotatable bonds is 0. The Morgan fingerprint density at radius 1 is 1.50 bits per heavy atom. The summed E-state index contributed by atoms with van der Waals surface area (Å²) in [5.41, 5.74) is 0.761. The summed E-state index contributed by atoms with van der Waals surface area (Å²) in [7, 11) is 0. The van der Waals surface area contributed by atoms with Crippen molar-refractivity contribution in [1.82, 2.24) is 4.98 Å². The number of aromatic nitrogens is 1. The predicted molar refractivity (Wildman–Crippen MR) is 43.8 cm³/mol. The van der Waals surface area contributed by atoms with E-state index in [0.717, 1.165) is 0 Å². The first kappa shape index (κ1) is 8.02. The molecule has 1 aromatic heterocycles. The summed E-state index contributed by atoms with van der Waals surface area (Å²) < 4.78 is 0.587. The van der Waals surface area contributed by atoms with E-state index in [1.54, 1.807) is 6.07 Å². The number of hydrogen-bond donors (Lipinski definition) is 0. The van der Waals surface area contributed by atoms with Gasteiger partial charge in [-0.05, 0) is 40.0 Å². The van der Waals surface area contributed by atoms with Gasteiger partial charge in [-0.15, -0.1) is 0 Å². The van der Waals surface area contributed by atoms with Gasteiger partial charge in [-0.25, -0.2) is 4.98 Å². The Bertz CT molecular complexity index is 237. The Hall–Kier alpha value is -0.0800. The number of pyridine rings is 1. The summed E-state index contributed by atoms with van der Waals surface area (Å²) >= 11 is 8.69. The van der Waals surface area contributed by atoms with Crippen molar-refractivity contribution in [2.75, 3.05) is 0 Å². The monoisotopic (exact) mass is 215 g/mol. The Kier molecular flexibility index (Phi) is 2.32. The molecule has 50 valence electrons. The maximum Gasteiger partial charge on any atom is 0.134 e. The van der Waals surface area contributed by atoms with Crippen LogP contribution < -0.4 is 0 Å². The van der Waals surface area contributed by atoms with E-state index in [1.165, 1.54) is 0 Å².